The number of nitrogens with zero attached hydrogens (tertiary/aromatic N) is 1. The normalized spacial score (nSPS) is 12.8. The number of urea groups is 1. The number of hydrogen-bond donors (Lipinski definition) is 2. The highest BCUT2D eigenvalue weighted by Gasteiger charge is 2.34. The smallest absolute Gasteiger partial charge is 0.331 e. The average molecular weight is 490 g/mol. The van der Waals surface area contributed by atoms with Crippen LogP contribution >= 0.6 is 0 Å². The number of nitrogens with one attached hydrogen (secondary N) is 1. The van der Waals surface area contributed by atoms with E-state index in [0.717, 1.165) is 11.6 Å². The van der Waals surface area contributed by atoms with E-state index in [1.54, 1.807) is 17.4 Å². The summed E-state index contributed by atoms with van der Waals surface area (Å²) in [4.78, 5) is 33.7. The third kappa shape index (κ3) is 5.29. The van der Waals surface area contributed by atoms with Crippen molar-refractivity contribution in [2.45, 2.75) is 11.3 Å². The zero-order valence-electron chi connectivity index (χ0n) is 18.4. The molecule has 2 aromatic rings. The van der Waals surface area contributed by atoms with Crippen molar-refractivity contribution < 1.29 is 37.0 Å². The van der Waals surface area contributed by atoms with Crippen LogP contribution < -0.4 is 24.8 Å². The molecule has 0 saturated heterocycles. The van der Waals surface area contributed by atoms with Crippen molar-refractivity contribution >= 4 is 39.7 Å². The number of para-hydroxylation sites is 1. The minimum atomic E-state index is -4.04. The first-order chi connectivity index (χ1) is 16.2. The highest BCUT2D eigenvalue weighted by molar-refractivity contribution is 7.93. The summed E-state index contributed by atoms with van der Waals surface area (Å²) in [7, 11) is -1.35. The summed E-state index contributed by atoms with van der Waals surface area (Å²) in [5.74, 6) is -1.62. The molecule has 0 radical (unpaired) electrons. The minimum Gasteiger partial charge on any atom is -0.493 e. The van der Waals surface area contributed by atoms with Gasteiger partial charge in [-0.15, -0.1) is 0 Å². The van der Waals surface area contributed by atoms with E-state index in [2.05, 4.69) is 0 Å². The number of nitrogens with two attached hydrogens (primary N) is 1. The number of ether oxygens (including phenoxy) is 3. The second kappa shape index (κ2) is 10.3. The molecule has 3 N–H and O–H groups in total. The Labute approximate surface area is 196 Å². The molecule has 12 heteroatoms. The fourth-order valence-corrected chi connectivity index (χ4v) is 5.15. The molecule has 0 bridgehead atoms. The van der Waals surface area contributed by atoms with Gasteiger partial charge in [0.25, 0.3) is 15.9 Å². The topological polar surface area (TPSA) is 154 Å². The lowest BCUT2D eigenvalue weighted by atomic mass is 10.2. The maximum absolute atomic E-state index is 13.6. The van der Waals surface area contributed by atoms with Gasteiger partial charge in [0, 0.05) is 12.6 Å². The Morgan fingerprint density at radius 2 is 1.88 bits per heavy atom. The number of benzene rings is 2. The number of anilines is 1. The highest BCUT2D eigenvalue weighted by Crippen LogP contribution is 2.40. The van der Waals surface area contributed by atoms with E-state index in [-0.39, 0.29) is 22.9 Å². The van der Waals surface area contributed by atoms with Gasteiger partial charge in [-0.2, -0.15) is 0 Å². The molecule has 180 valence electrons. The molecule has 0 saturated carbocycles. The number of amides is 3. The maximum Gasteiger partial charge on any atom is 0.331 e. The number of rotatable bonds is 8. The van der Waals surface area contributed by atoms with Crippen LogP contribution in [-0.2, 0) is 30.8 Å². The lowest BCUT2D eigenvalue weighted by Crippen LogP contribution is -2.37. The van der Waals surface area contributed by atoms with Gasteiger partial charge in [-0.25, -0.2) is 18.0 Å². The van der Waals surface area contributed by atoms with Gasteiger partial charge >= 0.3 is 12.0 Å². The predicted molar refractivity (Wildman–Crippen MR) is 122 cm³/mol. The third-order valence-corrected chi connectivity index (χ3v) is 6.72. The first-order valence-corrected chi connectivity index (χ1v) is 11.4. The van der Waals surface area contributed by atoms with Gasteiger partial charge in [-0.05, 0) is 41.8 Å². The highest BCUT2D eigenvalue weighted by atomic mass is 32.2. The molecule has 0 fully saturated rings. The van der Waals surface area contributed by atoms with Crippen LogP contribution in [0.15, 0.2) is 47.4 Å². The molecular weight excluding hydrogens is 466 g/mol. The molecule has 0 unspecified atom stereocenters. The zero-order chi connectivity index (χ0) is 24.9. The number of imide groups is 1. The lowest BCUT2D eigenvalue weighted by molar-refractivity contribution is -0.143. The van der Waals surface area contributed by atoms with Gasteiger partial charge in [0.15, 0.2) is 18.1 Å². The van der Waals surface area contributed by atoms with Crippen LogP contribution in [0.1, 0.15) is 11.1 Å². The van der Waals surface area contributed by atoms with E-state index < -0.39 is 34.5 Å². The van der Waals surface area contributed by atoms with Gasteiger partial charge in [-0.1, -0.05) is 18.2 Å². The molecule has 2 aromatic carbocycles. The Bertz CT molecular complexity index is 1260. The van der Waals surface area contributed by atoms with Crippen LogP contribution in [0.3, 0.4) is 0 Å². The SMILES string of the molecule is COc1cc(C=CC(=O)OCC(=O)NC(N)=O)cc(S(=O)(=O)N2CCc3ccccc32)c1OC. The average Bonchev–Trinajstić information content (AvgIpc) is 3.25. The fraction of sp³-hybridized carbons (Fsp3) is 0.227. The Morgan fingerprint density at radius 3 is 2.56 bits per heavy atom. The fourth-order valence-electron chi connectivity index (χ4n) is 3.44. The molecule has 3 rings (SSSR count). The Balaban J connectivity index is 1.91. The molecule has 0 aliphatic carbocycles. The molecule has 11 nitrogen and oxygen atoms in total. The van der Waals surface area contributed by atoms with Gasteiger partial charge in [-0.3, -0.25) is 14.4 Å². The van der Waals surface area contributed by atoms with E-state index in [1.807, 2.05) is 12.1 Å². The monoisotopic (exact) mass is 489 g/mol. The van der Waals surface area contributed by atoms with Crippen LogP contribution in [0.5, 0.6) is 11.5 Å². The largest absolute Gasteiger partial charge is 0.493 e. The van der Waals surface area contributed by atoms with Crippen molar-refractivity contribution in [1.82, 2.24) is 5.32 Å². The summed E-state index contributed by atoms with van der Waals surface area (Å²) < 4.78 is 43.9. The summed E-state index contributed by atoms with van der Waals surface area (Å²) in [6.45, 7) is -0.445. The number of hydrogen-bond acceptors (Lipinski definition) is 8. The van der Waals surface area contributed by atoms with E-state index in [1.165, 1.54) is 36.7 Å². The van der Waals surface area contributed by atoms with Crippen molar-refractivity contribution in [1.29, 1.82) is 0 Å². The summed E-state index contributed by atoms with van der Waals surface area (Å²) in [6, 6.07) is 8.98. The van der Waals surface area contributed by atoms with Crippen LogP contribution in [-0.4, -0.2) is 53.7 Å². The summed E-state index contributed by atoms with van der Waals surface area (Å²) >= 11 is 0. The number of carbonyl (C=O) groups is 3. The zero-order valence-corrected chi connectivity index (χ0v) is 19.3. The predicted octanol–water partition coefficient (Wildman–Crippen LogP) is 1.21. The summed E-state index contributed by atoms with van der Waals surface area (Å²) in [5.41, 5.74) is 6.61. The molecule has 34 heavy (non-hydrogen) atoms. The number of primary amides is 1. The van der Waals surface area contributed by atoms with Gasteiger partial charge in [0.2, 0.25) is 0 Å². The Kier molecular flexibility index (Phi) is 7.41. The minimum absolute atomic E-state index is 0.0229. The van der Waals surface area contributed by atoms with Crippen molar-refractivity contribution in [3.8, 4) is 11.5 Å². The summed E-state index contributed by atoms with van der Waals surface area (Å²) in [5, 5.41) is 1.75. The number of fused-ring (bicyclic) bond motifs is 1. The van der Waals surface area contributed by atoms with Crippen molar-refractivity contribution in [3.05, 3.63) is 53.6 Å². The number of esters is 1. The summed E-state index contributed by atoms with van der Waals surface area (Å²) in [6.07, 6.45) is 2.87. The van der Waals surface area contributed by atoms with E-state index >= 15 is 0 Å². The quantitative estimate of drug-likeness (QED) is 0.414. The van der Waals surface area contributed by atoms with Crippen LogP contribution in [0.2, 0.25) is 0 Å². The molecule has 1 heterocycles. The molecule has 0 atom stereocenters. The standard InChI is InChI=1S/C22H23N3O8S/c1-31-17-11-14(7-8-20(27)33-13-19(26)24-22(23)28)12-18(21(17)32-2)34(29,30)25-10-9-15-5-3-4-6-16(15)25/h3-8,11-12H,9-10,13H2,1-2H3,(H3,23,24,26,28). The first-order valence-electron chi connectivity index (χ1n) is 9.98. The maximum atomic E-state index is 13.6. The van der Waals surface area contributed by atoms with Crippen LogP contribution in [0, 0.1) is 0 Å². The van der Waals surface area contributed by atoms with Gasteiger partial charge in [0.1, 0.15) is 4.90 Å². The number of methoxy groups -OCH3 is 2. The van der Waals surface area contributed by atoms with E-state index in [0.29, 0.717) is 17.7 Å². The van der Waals surface area contributed by atoms with Gasteiger partial charge in [0.05, 0.1) is 19.9 Å². The molecule has 3 amide bonds. The second-order valence-corrected chi connectivity index (χ2v) is 8.89. The second-order valence-electron chi connectivity index (χ2n) is 7.06. The van der Waals surface area contributed by atoms with Crippen LogP contribution in [0.25, 0.3) is 6.08 Å². The molecule has 0 spiro atoms. The van der Waals surface area contributed by atoms with Crippen molar-refractivity contribution in [2.75, 3.05) is 31.7 Å². The third-order valence-electron chi connectivity index (χ3n) is 4.90. The Morgan fingerprint density at radius 1 is 1.15 bits per heavy atom. The number of sulfonamides is 1. The number of carbonyl (C=O) groups excluding carboxylic acids is 3. The first kappa shape index (κ1) is 24.6. The molecule has 1 aliphatic heterocycles. The van der Waals surface area contributed by atoms with Crippen molar-refractivity contribution in [3.63, 3.8) is 0 Å². The van der Waals surface area contributed by atoms with Crippen molar-refractivity contribution in [2.24, 2.45) is 5.73 Å². The van der Waals surface area contributed by atoms with Gasteiger partial charge < -0.3 is 19.9 Å². The molecule has 1 aliphatic rings. The lowest BCUT2D eigenvalue weighted by Gasteiger charge is -2.22. The van der Waals surface area contributed by atoms with E-state index in [9.17, 15) is 22.8 Å². The van der Waals surface area contributed by atoms with Crippen LogP contribution in [0.4, 0.5) is 10.5 Å². The molecule has 0 aromatic heterocycles. The molecular formula is C22H23N3O8S. The Hall–Kier alpha value is -4.06. The van der Waals surface area contributed by atoms with E-state index in [4.69, 9.17) is 19.9 Å².